The molecule has 3 atom stereocenters. The lowest BCUT2D eigenvalue weighted by atomic mass is 9.85. The van der Waals surface area contributed by atoms with Crippen molar-refractivity contribution in [2.75, 3.05) is 11.5 Å². The summed E-state index contributed by atoms with van der Waals surface area (Å²) in [7, 11) is 0. The fourth-order valence-corrected chi connectivity index (χ4v) is 3.78. The summed E-state index contributed by atoms with van der Waals surface area (Å²) in [6.07, 6.45) is 1.06. The maximum atomic E-state index is 12.0. The van der Waals surface area contributed by atoms with Crippen LogP contribution in [0.25, 0.3) is 0 Å². The van der Waals surface area contributed by atoms with E-state index in [4.69, 9.17) is 0 Å². The first kappa shape index (κ1) is 10.5. The largest absolute Gasteiger partial charge is 0.304 e. The van der Waals surface area contributed by atoms with E-state index in [-0.39, 0.29) is 11.5 Å². The molecule has 3 heteroatoms. The van der Waals surface area contributed by atoms with Crippen LogP contribution in [-0.2, 0) is 4.79 Å². The summed E-state index contributed by atoms with van der Waals surface area (Å²) >= 11 is 2.01. The minimum Gasteiger partial charge on any atom is -0.304 e. The molecule has 1 N–H and O–H groups in total. The lowest BCUT2D eigenvalue weighted by molar-refractivity contribution is -0.128. The molecule has 0 aliphatic carbocycles. The van der Waals surface area contributed by atoms with Crippen molar-refractivity contribution in [1.82, 2.24) is 5.32 Å². The topological polar surface area (TPSA) is 29.1 Å². The van der Waals surface area contributed by atoms with Gasteiger partial charge in [-0.15, -0.1) is 0 Å². The minimum absolute atomic E-state index is 0.130. The molecule has 2 aliphatic heterocycles. The van der Waals surface area contributed by atoms with Crippen molar-refractivity contribution in [2.45, 2.75) is 39.3 Å². The molecule has 0 aromatic rings. The molecule has 2 rings (SSSR count). The number of carbonyl (C=O) groups is 1. The highest BCUT2D eigenvalue weighted by molar-refractivity contribution is 7.99. The SMILES string of the molecule is CC(C)(C)C(=O)C1CC2CSCC2N1. The third-order valence-electron chi connectivity index (χ3n) is 3.21. The van der Waals surface area contributed by atoms with Gasteiger partial charge in [0.25, 0.3) is 0 Å². The Morgan fingerprint density at radius 3 is 2.64 bits per heavy atom. The van der Waals surface area contributed by atoms with Crippen LogP contribution in [0.5, 0.6) is 0 Å². The Bertz CT molecular complexity index is 234. The van der Waals surface area contributed by atoms with Crippen LogP contribution in [0.15, 0.2) is 0 Å². The molecule has 0 aromatic carbocycles. The Morgan fingerprint density at radius 2 is 2.07 bits per heavy atom. The van der Waals surface area contributed by atoms with Crippen molar-refractivity contribution in [3.63, 3.8) is 0 Å². The summed E-state index contributed by atoms with van der Waals surface area (Å²) < 4.78 is 0. The predicted molar refractivity (Wildman–Crippen MR) is 60.6 cm³/mol. The summed E-state index contributed by atoms with van der Waals surface area (Å²) in [4.78, 5) is 12.0. The molecule has 2 heterocycles. The number of carbonyl (C=O) groups excluding carboxylic acids is 1. The van der Waals surface area contributed by atoms with E-state index >= 15 is 0 Å². The molecule has 0 radical (unpaired) electrons. The number of hydrogen-bond donors (Lipinski definition) is 1. The van der Waals surface area contributed by atoms with Crippen LogP contribution < -0.4 is 5.32 Å². The first-order valence-corrected chi connectivity index (χ1v) is 6.52. The molecule has 2 fully saturated rings. The summed E-state index contributed by atoms with van der Waals surface area (Å²) in [5, 5.41) is 3.49. The Labute approximate surface area is 90.2 Å². The molecular weight excluding hydrogens is 194 g/mol. The van der Waals surface area contributed by atoms with Crippen molar-refractivity contribution >= 4 is 17.5 Å². The molecule has 0 saturated carbocycles. The summed E-state index contributed by atoms with van der Waals surface area (Å²) in [5.74, 6) is 3.57. The van der Waals surface area contributed by atoms with E-state index in [0.29, 0.717) is 11.8 Å². The van der Waals surface area contributed by atoms with Gasteiger partial charge in [-0.1, -0.05) is 20.8 Å². The summed E-state index contributed by atoms with van der Waals surface area (Å²) in [5.41, 5.74) is -0.191. The molecule has 80 valence electrons. The van der Waals surface area contributed by atoms with Crippen LogP contribution in [0, 0.1) is 11.3 Å². The van der Waals surface area contributed by atoms with E-state index in [1.54, 1.807) is 0 Å². The van der Waals surface area contributed by atoms with Crippen molar-refractivity contribution in [1.29, 1.82) is 0 Å². The molecule has 14 heavy (non-hydrogen) atoms. The van der Waals surface area contributed by atoms with Crippen LogP contribution in [-0.4, -0.2) is 29.4 Å². The number of thioether (sulfide) groups is 1. The minimum atomic E-state index is -0.191. The standard InChI is InChI=1S/C11H19NOS/c1-11(2,3)10(13)8-4-7-5-14-6-9(7)12-8/h7-9,12H,4-6H2,1-3H3. The molecule has 2 saturated heterocycles. The lowest BCUT2D eigenvalue weighted by Crippen LogP contribution is -2.41. The van der Waals surface area contributed by atoms with E-state index in [1.807, 2.05) is 32.5 Å². The van der Waals surface area contributed by atoms with Crippen LogP contribution >= 0.6 is 11.8 Å². The second-order valence-electron chi connectivity index (χ2n) is 5.47. The fraction of sp³-hybridized carbons (Fsp3) is 0.909. The second-order valence-corrected chi connectivity index (χ2v) is 6.55. The van der Waals surface area contributed by atoms with Gasteiger partial charge in [-0.3, -0.25) is 4.79 Å². The first-order chi connectivity index (χ1) is 6.48. The van der Waals surface area contributed by atoms with Gasteiger partial charge >= 0.3 is 0 Å². The Hall–Kier alpha value is -0.0200. The van der Waals surface area contributed by atoms with E-state index in [0.717, 1.165) is 12.3 Å². The zero-order valence-electron chi connectivity index (χ0n) is 9.17. The molecule has 2 aliphatic rings. The van der Waals surface area contributed by atoms with Gasteiger partial charge in [0.15, 0.2) is 5.78 Å². The number of hydrogen-bond acceptors (Lipinski definition) is 3. The van der Waals surface area contributed by atoms with E-state index in [9.17, 15) is 4.79 Å². The quantitative estimate of drug-likeness (QED) is 0.719. The second kappa shape index (κ2) is 3.53. The van der Waals surface area contributed by atoms with Gasteiger partial charge in [0.05, 0.1) is 6.04 Å². The molecule has 0 amide bonds. The van der Waals surface area contributed by atoms with Crippen LogP contribution in [0.1, 0.15) is 27.2 Å². The van der Waals surface area contributed by atoms with Crippen molar-refractivity contribution in [2.24, 2.45) is 11.3 Å². The smallest absolute Gasteiger partial charge is 0.155 e. The Balaban J connectivity index is 1.99. The number of ketones is 1. The van der Waals surface area contributed by atoms with E-state index in [1.165, 1.54) is 11.5 Å². The normalized spacial score (nSPS) is 37.2. The van der Waals surface area contributed by atoms with Gasteiger partial charge in [0.1, 0.15) is 0 Å². The van der Waals surface area contributed by atoms with E-state index < -0.39 is 0 Å². The van der Waals surface area contributed by atoms with Crippen LogP contribution in [0.3, 0.4) is 0 Å². The van der Waals surface area contributed by atoms with Crippen molar-refractivity contribution in [3.05, 3.63) is 0 Å². The van der Waals surface area contributed by atoms with Gasteiger partial charge in [0.2, 0.25) is 0 Å². The van der Waals surface area contributed by atoms with E-state index in [2.05, 4.69) is 5.32 Å². The molecular formula is C11H19NOS. The van der Waals surface area contributed by atoms with Crippen molar-refractivity contribution < 1.29 is 4.79 Å². The van der Waals surface area contributed by atoms with Gasteiger partial charge in [0, 0.05) is 17.2 Å². The lowest BCUT2D eigenvalue weighted by Gasteiger charge is -2.22. The monoisotopic (exact) mass is 213 g/mol. The Morgan fingerprint density at radius 1 is 1.36 bits per heavy atom. The third-order valence-corrected chi connectivity index (χ3v) is 4.47. The number of rotatable bonds is 1. The average molecular weight is 213 g/mol. The number of Topliss-reactive ketones (excluding diaryl/α,β-unsaturated/α-hetero) is 1. The first-order valence-electron chi connectivity index (χ1n) is 5.36. The molecule has 2 nitrogen and oxygen atoms in total. The highest BCUT2D eigenvalue weighted by Crippen LogP contribution is 2.35. The predicted octanol–water partition coefficient (Wildman–Crippen LogP) is 1.70. The average Bonchev–Trinajstić information content (AvgIpc) is 2.58. The zero-order valence-corrected chi connectivity index (χ0v) is 9.99. The Kier molecular flexibility index (Phi) is 2.64. The van der Waals surface area contributed by atoms with Crippen LogP contribution in [0.4, 0.5) is 0 Å². The maximum Gasteiger partial charge on any atom is 0.155 e. The van der Waals surface area contributed by atoms with Gasteiger partial charge in [-0.2, -0.15) is 11.8 Å². The van der Waals surface area contributed by atoms with Gasteiger partial charge in [-0.05, 0) is 18.1 Å². The van der Waals surface area contributed by atoms with Gasteiger partial charge < -0.3 is 5.32 Å². The summed E-state index contributed by atoms with van der Waals surface area (Å²) in [6.45, 7) is 6.04. The zero-order chi connectivity index (χ0) is 10.3. The molecule has 0 aromatic heterocycles. The molecule has 0 spiro atoms. The summed E-state index contributed by atoms with van der Waals surface area (Å²) in [6, 6.07) is 0.738. The number of nitrogens with one attached hydrogen (secondary N) is 1. The van der Waals surface area contributed by atoms with Crippen molar-refractivity contribution in [3.8, 4) is 0 Å². The molecule has 3 unspecified atom stereocenters. The highest BCUT2D eigenvalue weighted by Gasteiger charge is 2.42. The number of fused-ring (bicyclic) bond motifs is 1. The van der Waals surface area contributed by atoms with Gasteiger partial charge in [-0.25, -0.2) is 0 Å². The third kappa shape index (κ3) is 1.84. The molecule has 0 bridgehead atoms. The fourth-order valence-electron chi connectivity index (χ4n) is 2.35. The highest BCUT2D eigenvalue weighted by atomic mass is 32.2. The maximum absolute atomic E-state index is 12.0. The van der Waals surface area contributed by atoms with Crippen LogP contribution in [0.2, 0.25) is 0 Å².